The van der Waals surface area contributed by atoms with Crippen LogP contribution in [-0.4, -0.2) is 18.8 Å². The third-order valence-corrected chi connectivity index (χ3v) is 1.23. The minimum atomic E-state index is -0.806. The van der Waals surface area contributed by atoms with E-state index in [0.29, 0.717) is 13.0 Å². The van der Waals surface area contributed by atoms with Gasteiger partial charge in [-0.2, -0.15) is 5.26 Å². The smallest absolute Gasteiger partial charge is 0.115 e. The van der Waals surface area contributed by atoms with E-state index in [1.807, 2.05) is 6.07 Å². The van der Waals surface area contributed by atoms with Crippen LogP contribution in [0.4, 0.5) is 4.39 Å². The highest BCUT2D eigenvalue weighted by atomic mass is 19.1. The molecule has 0 aliphatic carbocycles. The lowest BCUT2D eigenvalue weighted by Crippen LogP contribution is -2.18. The summed E-state index contributed by atoms with van der Waals surface area (Å²) in [6, 6.07) is 1.70. The van der Waals surface area contributed by atoms with E-state index in [0.717, 1.165) is 0 Å². The second kappa shape index (κ2) is 3.41. The summed E-state index contributed by atoms with van der Waals surface area (Å²) in [7, 11) is 0. The van der Waals surface area contributed by atoms with Gasteiger partial charge in [-0.05, 0) is 0 Å². The highest BCUT2D eigenvalue weighted by Gasteiger charge is 2.22. The van der Waals surface area contributed by atoms with Crippen molar-refractivity contribution in [3.63, 3.8) is 0 Å². The quantitative estimate of drug-likeness (QED) is 0.527. The van der Waals surface area contributed by atoms with Crippen LogP contribution in [0, 0.1) is 11.3 Å². The predicted octanol–water partition coefficient (Wildman–Crippen LogP) is 0.846. The van der Waals surface area contributed by atoms with Crippen LogP contribution in [0.25, 0.3) is 0 Å². The fourth-order valence-electron chi connectivity index (χ4n) is 0.791. The van der Waals surface area contributed by atoms with Gasteiger partial charge in [0.1, 0.15) is 6.17 Å². The Morgan fingerprint density at radius 2 is 2.33 bits per heavy atom. The summed E-state index contributed by atoms with van der Waals surface area (Å²) >= 11 is 0. The van der Waals surface area contributed by atoms with Crippen molar-refractivity contribution in [2.24, 2.45) is 0 Å². The maximum atomic E-state index is 12.1. The molecule has 0 aromatic rings. The molecule has 0 bridgehead atoms. The van der Waals surface area contributed by atoms with Crippen LogP contribution >= 0.6 is 0 Å². The number of hydrogen-bond donors (Lipinski definition) is 1. The van der Waals surface area contributed by atoms with Crippen molar-refractivity contribution in [3.8, 4) is 6.07 Å². The van der Waals surface area contributed by atoms with Crippen LogP contribution in [0.5, 0.6) is 0 Å². The lowest BCUT2D eigenvalue weighted by Gasteiger charge is -1.91. The van der Waals surface area contributed by atoms with Crippen molar-refractivity contribution in [2.45, 2.75) is 26.1 Å². The molecule has 1 aliphatic rings. The van der Waals surface area contributed by atoms with Crippen LogP contribution in [0.3, 0.4) is 0 Å². The van der Waals surface area contributed by atoms with Gasteiger partial charge in [0, 0.05) is 13.0 Å². The molecule has 0 saturated carbocycles. The molecule has 1 fully saturated rings. The first-order valence-corrected chi connectivity index (χ1v) is 2.60. The number of alkyl halides is 1. The Bertz CT molecular complexity index is 119. The minimum absolute atomic E-state index is 0. The van der Waals surface area contributed by atoms with Crippen molar-refractivity contribution in [2.75, 3.05) is 6.54 Å². The zero-order valence-corrected chi connectivity index (χ0v) is 4.39. The molecular formula is C6H11FN2. The van der Waals surface area contributed by atoms with Crippen LogP contribution in [0.15, 0.2) is 0 Å². The van der Waals surface area contributed by atoms with E-state index < -0.39 is 6.17 Å². The van der Waals surface area contributed by atoms with Crippen molar-refractivity contribution < 1.29 is 4.39 Å². The normalized spacial score (nSPS) is 32.9. The summed E-state index contributed by atoms with van der Waals surface area (Å²) in [6.45, 7) is 0.345. The van der Waals surface area contributed by atoms with Gasteiger partial charge < -0.3 is 0 Å². The fourth-order valence-corrected chi connectivity index (χ4v) is 0.791. The molecule has 9 heavy (non-hydrogen) atoms. The second-order valence-electron chi connectivity index (χ2n) is 1.92. The van der Waals surface area contributed by atoms with Gasteiger partial charge in [0.15, 0.2) is 0 Å². The van der Waals surface area contributed by atoms with Crippen LogP contribution in [0.1, 0.15) is 13.8 Å². The fraction of sp³-hybridized carbons (Fsp3) is 0.833. The van der Waals surface area contributed by atoms with Crippen LogP contribution in [-0.2, 0) is 0 Å². The summed E-state index contributed by atoms with van der Waals surface area (Å²) in [5.74, 6) is 0. The number of nitriles is 1. The first kappa shape index (κ1) is 8.38. The zero-order chi connectivity index (χ0) is 5.98. The first-order valence-electron chi connectivity index (χ1n) is 2.60. The second-order valence-corrected chi connectivity index (χ2v) is 1.92. The van der Waals surface area contributed by atoms with Gasteiger partial charge in [0.2, 0.25) is 0 Å². The van der Waals surface area contributed by atoms with E-state index in [1.165, 1.54) is 0 Å². The summed E-state index contributed by atoms with van der Waals surface area (Å²) in [6.07, 6.45) is -0.448. The molecule has 1 N–H and O–H groups in total. The average molecular weight is 130 g/mol. The largest absolute Gasteiger partial charge is 0.299 e. The Kier molecular flexibility index (Phi) is 3.18. The number of hydrogen-bond acceptors (Lipinski definition) is 2. The Morgan fingerprint density at radius 3 is 2.56 bits per heavy atom. The molecule has 0 aromatic carbocycles. The van der Waals surface area contributed by atoms with Gasteiger partial charge in [-0.15, -0.1) is 0 Å². The first-order chi connectivity index (χ1) is 3.83. The molecule has 1 heterocycles. The van der Waals surface area contributed by atoms with Crippen LogP contribution in [0.2, 0.25) is 0 Å². The SMILES string of the molecule is C.N#CC1CC(F)CN1. The summed E-state index contributed by atoms with van der Waals surface area (Å²) < 4.78 is 12.1. The predicted molar refractivity (Wildman–Crippen MR) is 33.6 cm³/mol. The van der Waals surface area contributed by atoms with Gasteiger partial charge >= 0.3 is 0 Å². The molecule has 0 radical (unpaired) electrons. The van der Waals surface area contributed by atoms with E-state index in [-0.39, 0.29) is 13.5 Å². The molecule has 3 heteroatoms. The van der Waals surface area contributed by atoms with Gasteiger partial charge in [-0.3, -0.25) is 5.32 Å². The van der Waals surface area contributed by atoms with E-state index in [9.17, 15) is 4.39 Å². The molecular weight excluding hydrogens is 119 g/mol. The van der Waals surface area contributed by atoms with Crippen molar-refractivity contribution in [1.29, 1.82) is 5.26 Å². The molecule has 0 aromatic heterocycles. The highest BCUT2D eigenvalue weighted by molar-refractivity contribution is 4.96. The maximum absolute atomic E-state index is 12.1. The molecule has 0 spiro atoms. The molecule has 1 rings (SSSR count). The number of halogens is 1. The van der Waals surface area contributed by atoms with E-state index >= 15 is 0 Å². The Hall–Kier alpha value is -0.620. The molecule has 1 aliphatic heterocycles. The lowest BCUT2D eigenvalue weighted by molar-refractivity contribution is 0.359. The zero-order valence-electron chi connectivity index (χ0n) is 4.39. The van der Waals surface area contributed by atoms with Gasteiger partial charge in [0.25, 0.3) is 0 Å². The van der Waals surface area contributed by atoms with Crippen molar-refractivity contribution in [3.05, 3.63) is 0 Å². The highest BCUT2D eigenvalue weighted by Crippen LogP contribution is 2.07. The molecule has 2 atom stereocenters. The third-order valence-electron chi connectivity index (χ3n) is 1.23. The number of nitrogens with zero attached hydrogens (tertiary/aromatic N) is 1. The number of nitrogens with one attached hydrogen (secondary N) is 1. The monoisotopic (exact) mass is 130 g/mol. The van der Waals surface area contributed by atoms with E-state index in [2.05, 4.69) is 5.32 Å². The van der Waals surface area contributed by atoms with Gasteiger partial charge in [-0.25, -0.2) is 4.39 Å². The topological polar surface area (TPSA) is 35.8 Å². The van der Waals surface area contributed by atoms with Crippen LogP contribution < -0.4 is 5.32 Å². The number of rotatable bonds is 0. The summed E-state index contributed by atoms with van der Waals surface area (Å²) in [4.78, 5) is 0. The van der Waals surface area contributed by atoms with Gasteiger partial charge in [-0.1, -0.05) is 7.43 Å². The van der Waals surface area contributed by atoms with Crippen molar-refractivity contribution in [1.82, 2.24) is 5.32 Å². The molecule has 52 valence electrons. The standard InChI is InChI=1S/C5H7FN2.CH4/c6-4-1-5(2-7)8-3-4;/h4-5,8H,1,3H2;1H4. The van der Waals surface area contributed by atoms with Crippen molar-refractivity contribution >= 4 is 0 Å². The average Bonchev–Trinajstić information content (AvgIpc) is 2.14. The van der Waals surface area contributed by atoms with Gasteiger partial charge in [0.05, 0.1) is 12.1 Å². The summed E-state index contributed by atoms with van der Waals surface area (Å²) in [5, 5.41) is 10.9. The minimum Gasteiger partial charge on any atom is -0.299 e. The summed E-state index contributed by atoms with van der Waals surface area (Å²) in [5.41, 5.74) is 0. The Morgan fingerprint density at radius 1 is 1.67 bits per heavy atom. The maximum Gasteiger partial charge on any atom is 0.115 e. The van der Waals surface area contributed by atoms with E-state index in [4.69, 9.17) is 5.26 Å². The molecule has 2 nitrogen and oxygen atoms in total. The molecule has 1 saturated heterocycles. The third kappa shape index (κ3) is 1.98. The molecule has 2 unspecified atom stereocenters. The Labute approximate surface area is 54.7 Å². The van der Waals surface area contributed by atoms with E-state index in [1.54, 1.807) is 0 Å². The Balaban J connectivity index is 0.000000640. The molecule has 0 amide bonds. The lowest BCUT2D eigenvalue weighted by atomic mass is 10.2.